The Morgan fingerprint density at radius 3 is 2.14 bits per heavy atom. The van der Waals surface area contributed by atoms with Gasteiger partial charge in [0, 0.05) is 12.8 Å². The van der Waals surface area contributed by atoms with E-state index in [4.69, 9.17) is 4.74 Å². The van der Waals surface area contributed by atoms with Crippen LogP contribution < -0.4 is 9.84 Å². The Morgan fingerprint density at radius 1 is 1.04 bits per heavy atom. The molecule has 0 bridgehead atoms. The van der Waals surface area contributed by atoms with Crippen LogP contribution in [0.4, 0.5) is 4.79 Å². The summed E-state index contributed by atoms with van der Waals surface area (Å²) in [5.74, 6) is 1.25. The van der Waals surface area contributed by atoms with Crippen molar-refractivity contribution in [3.05, 3.63) is 54.6 Å². The van der Waals surface area contributed by atoms with Crippen LogP contribution in [-0.2, 0) is 9.84 Å². The van der Waals surface area contributed by atoms with E-state index in [1.807, 2.05) is 37.3 Å². The van der Waals surface area contributed by atoms with Crippen molar-refractivity contribution in [3.8, 4) is 11.5 Å². The smallest absolute Gasteiger partial charge is 0.257 e. The third kappa shape index (κ3) is 4.54. The van der Waals surface area contributed by atoms with Gasteiger partial charge in [-0.15, -0.1) is 0 Å². The SMILES string of the molecule is CC[N+]1(C(=O)[O-])CCC(CS(=O)(=O)c2ccc(Oc3ccccc3)cc2)CC1. The van der Waals surface area contributed by atoms with Gasteiger partial charge in [-0.3, -0.25) is 4.48 Å². The molecule has 0 unspecified atom stereocenters. The van der Waals surface area contributed by atoms with Crippen LogP contribution in [0, 0.1) is 5.92 Å². The first-order valence-electron chi connectivity index (χ1n) is 9.48. The number of rotatable bonds is 6. The molecular weight excluding hydrogens is 378 g/mol. The number of hydrogen-bond acceptors (Lipinski definition) is 5. The molecule has 1 aliphatic heterocycles. The Morgan fingerprint density at radius 2 is 1.61 bits per heavy atom. The van der Waals surface area contributed by atoms with Crippen LogP contribution in [0.5, 0.6) is 11.5 Å². The zero-order valence-corrected chi connectivity index (χ0v) is 16.7. The molecule has 2 aromatic rings. The summed E-state index contributed by atoms with van der Waals surface area (Å²) in [6.07, 6.45) is 0.0600. The number of quaternary nitrogens is 1. The van der Waals surface area contributed by atoms with E-state index in [1.54, 1.807) is 24.3 Å². The average Bonchev–Trinajstić information content (AvgIpc) is 2.69. The molecule has 1 fully saturated rings. The van der Waals surface area contributed by atoms with Crippen LogP contribution >= 0.6 is 0 Å². The normalized spacial score (nSPS) is 22.5. The number of likely N-dealkylation sites (tertiary alicyclic amines) is 1. The molecule has 0 radical (unpaired) electrons. The van der Waals surface area contributed by atoms with E-state index < -0.39 is 15.9 Å². The van der Waals surface area contributed by atoms with Gasteiger partial charge in [0.25, 0.3) is 6.09 Å². The molecule has 1 aliphatic rings. The van der Waals surface area contributed by atoms with Gasteiger partial charge in [0.15, 0.2) is 9.84 Å². The molecule has 6 nitrogen and oxygen atoms in total. The van der Waals surface area contributed by atoms with Crippen molar-refractivity contribution in [2.45, 2.75) is 24.7 Å². The molecular formula is C21H25NO5S. The molecule has 0 aliphatic carbocycles. The third-order valence-corrected chi connectivity index (χ3v) is 7.44. The van der Waals surface area contributed by atoms with Crippen molar-refractivity contribution in [1.82, 2.24) is 0 Å². The Balaban J connectivity index is 1.63. The zero-order chi connectivity index (χ0) is 20.2. The summed E-state index contributed by atoms with van der Waals surface area (Å²) >= 11 is 0. The molecule has 0 aromatic heterocycles. The largest absolute Gasteiger partial charge is 0.498 e. The fourth-order valence-corrected chi connectivity index (χ4v) is 5.35. The van der Waals surface area contributed by atoms with Gasteiger partial charge in [-0.1, -0.05) is 18.2 Å². The van der Waals surface area contributed by atoms with Crippen LogP contribution in [0.15, 0.2) is 59.5 Å². The second-order valence-corrected chi connectivity index (χ2v) is 9.32. The molecule has 28 heavy (non-hydrogen) atoms. The molecule has 1 heterocycles. The van der Waals surface area contributed by atoms with Gasteiger partial charge < -0.3 is 14.6 Å². The van der Waals surface area contributed by atoms with E-state index in [-0.39, 0.29) is 21.0 Å². The minimum atomic E-state index is -3.44. The first kappa shape index (κ1) is 20.4. The van der Waals surface area contributed by atoms with Gasteiger partial charge in [0.2, 0.25) is 0 Å². The number of hydrogen-bond donors (Lipinski definition) is 0. The number of benzene rings is 2. The second-order valence-electron chi connectivity index (χ2n) is 7.29. The lowest BCUT2D eigenvalue weighted by Crippen LogP contribution is -2.62. The van der Waals surface area contributed by atoms with Crippen molar-refractivity contribution < 1.29 is 27.5 Å². The number of carbonyl (C=O) groups excluding carboxylic acids is 1. The van der Waals surface area contributed by atoms with E-state index in [0.29, 0.717) is 44.0 Å². The number of sulfone groups is 1. The highest BCUT2D eigenvalue weighted by Crippen LogP contribution is 2.28. The Labute approximate surface area is 165 Å². The quantitative estimate of drug-likeness (QED) is 0.693. The molecule has 7 heteroatoms. The molecule has 0 atom stereocenters. The summed E-state index contributed by atoms with van der Waals surface area (Å²) < 4.78 is 31.1. The van der Waals surface area contributed by atoms with Gasteiger partial charge in [0.1, 0.15) is 11.5 Å². The standard InChI is InChI=1S/C21H25NO5S/c1-2-22(21(23)24)14-12-17(13-15-22)16-28(25,26)20-10-8-19(9-11-20)27-18-6-4-3-5-7-18/h3-11,17H,2,12-16H2,1H3. The molecule has 150 valence electrons. The predicted octanol–water partition coefficient (Wildman–Crippen LogP) is 2.84. The van der Waals surface area contributed by atoms with E-state index >= 15 is 0 Å². The Hall–Kier alpha value is -2.38. The van der Waals surface area contributed by atoms with E-state index in [1.165, 1.54) is 0 Å². The Bertz CT molecular complexity index is 902. The number of amides is 1. The zero-order valence-electron chi connectivity index (χ0n) is 15.9. The summed E-state index contributed by atoms with van der Waals surface area (Å²) in [7, 11) is -3.44. The molecule has 0 saturated carbocycles. The van der Waals surface area contributed by atoms with Gasteiger partial charge >= 0.3 is 0 Å². The maximum Gasteiger partial charge on any atom is 0.257 e. The van der Waals surface area contributed by atoms with Crippen molar-refractivity contribution in [2.24, 2.45) is 5.92 Å². The van der Waals surface area contributed by atoms with Gasteiger partial charge in [-0.25, -0.2) is 8.42 Å². The van der Waals surface area contributed by atoms with Crippen LogP contribution in [0.1, 0.15) is 19.8 Å². The Kier molecular flexibility index (Phi) is 6.05. The van der Waals surface area contributed by atoms with Crippen molar-refractivity contribution in [3.63, 3.8) is 0 Å². The summed E-state index contributed by atoms with van der Waals surface area (Å²) in [6.45, 7) is 3.13. The number of carbonyl (C=O) groups is 1. The maximum atomic E-state index is 12.8. The summed E-state index contributed by atoms with van der Waals surface area (Å²) in [5.41, 5.74) is 0. The maximum absolute atomic E-state index is 12.8. The first-order chi connectivity index (χ1) is 13.3. The van der Waals surface area contributed by atoms with E-state index in [2.05, 4.69) is 0 Å². The number of nitrogens with zero attached hydrogens (tertiary/aromatic N) is 1. The summed E-state index contributed by atoms with van der Waals surface area (Å²) in [6, 6.07) is 15.7. The number of carboxylic acid groups (broad SMARTS) is 1. The average molecular weight is 404 g/mol. The lowest BCUT2D eigenvalue weighted by molar-refractivity contribution is -0.880. The van der Waals surface area contributed by atoms with Crippen LogP contribution in [0.3, 0.4) is 0 Å². The van der Waals surface area contributed by atoms with Crippen molar-refractivity contribution in [1.29, 1.82) is 0 Å². The summed E-state index contributed by atoms with van der Waals surface area (Å²) in [5, 5.41) is 11.4. The highest BCUT2D eigenvalue weighted by Gasteiger charge is 2.36. The summed E-state index contributed by atoms with van der Waals surface area (Å²) in [4.78, 5) is 11.7. The second kappa shape index (κ2) is 8.32. The first-order valence-corrected chi connectivity index (χ1v) is 11.1. The minimum absolute atomic E-state index is 0.0304. The van der Waals surface area contributed by atoms with Gasteiger partial charge in [-0.2, -0.15) is 0 Å². The molecule has 2 aromatic carbocycles. The molecule has 0 spiro atoms. The third-order valence-electron chi connectivity index (χ3n) is 5.54. The lowest BCUT2D eigenvalue weighted by atomic mass is 9.97. The number of ether oxygens (including phenoxy) is 1. The topological polar surface area (TPSA) is 83.5 Å². The fourth-order valence-electron chi connectivity index (χ4n) is 3.66. The lowest BCUT2D eigenvalue weighted by Gasteiger charge is -2.42. The number of para-hydroxylation sites is 1. The minimum Gasteiger partial charge on any atom is -0.498 e. The number of piperidine rings is 1. The highest BCUT2D eigenvalue weighted by atomic mass is 32.2. The van der Waals surface area contributed by atoms with Crippen LogP contribution in [0.2, 0.25) is 0 Å². The molecule has 3 rings (SSSR count). The molecule has 0 N–H and O–H groups in total. The van der Waals surface area contributed by atoms with E-state index in [9.17, 15) is 18.3 Å². The van der Waals surface area contributed by atoms with Gasteiger partial charge in [0.05, 0.1) is 30.3 Å². The molecule has 1 amide bonds. The van der Waals surface area contributed by atoms with E-state index in [0.717, 1.165) is 0 Å². The highest BCUT2D eigenvalue weighted by molar-refractivity contribution is 7.91. The molecule has 1 saturated heterocycles. The predicted molar refractivity (Wildman–Crippen MR) is 104 cm³/mol. The van der Waals surface area contributed by atoms with Gasteiger partial charge in [-0.05, 0) is 49.2 Å². The monoisotopic (exact) mass is 403 g/mol. The van der Waals surface area contributed by atoms with Crippen LogP contribution in [-0.4, -0.2) is 44.4 Å². The van der Waals surface area contributed by atoms with Crippen molar-refractivity contribution in [2.75, 3.05) is 25.4 Å². The van der Waals surface area contributed by atoms with Crippen molar-refractivity contribution >= 4 is 15.9 Å². The fraction of sp³-hybridized carbons (Fsp3) is 0.381. The van der Waals surface area contributed by atoms with Crippen LogP contribution in [0.25, 0.3) is 0 Å².